The fourth-order valence-electron chi connectivity index (χ4n) is 2.48. The topological polar surface area (TPSA) is 67.9 Å². The van der Waals surface area contributed by atoms with Crippen molar-refractivity contribution in [2.75, 3.05) is 25.4 Å². The molecule has 2 aromatic heterocycles. The number of thiazole rings is 1. The molecule has 0 atom stereocenters. The Labute approximate surface area is 126 Å². The third-order valence-electron chi connectivity index (χ3n) is 3.55. The third kappa shape index (κ3) is 3.53. The summed E-state index contributed by atoms with van der Waals surface area (Å²) in [4.78, 5) is 7.21. The highest BCUT2D eigenvalue weighted by molar-refractivity contribution is 7.18. The number of hydrogen-bond donors (Lipinski definition) is 1. The Balaban J connectivity index is 1.57. The van der Waals surface area contributed by atoms with Crippen molar-refractivity contribution in [2.24, 2.45) is 0 Å². The van der Waals surface area contributed by atoms with E-state index < -0.39 is 0 Å². The zero-order valence-electron chi connectivity index (χ0n) is 11.4. The molecule has 0 bridgehead atoms. The normalized spacial score (nSPS) is 17.2. The molecular formula is C13H19N5S2. The lowest BCUT2D eigenvalue weighted by atomic mass is 10.2. The molecule has 3 heterocycles. The van der Waals surface area contributed by atoms with Crippen LogP contribution >= 0.6 is 22.7 Å². The predicted molar refractivity (Wildman–Crippen MR) is 84.0 cm³/mol. The Bertz CT molecular complexity index is 542. The zero-order chi connectivity index (χ0) is 13.8. The molecular weight excluding hydrogens is 290 g/mol. The molecule has 0 spiro atoms. The summed E-state index contributed by atoms with van der Waals surface area (Å²) in [5.74, 6) is 0. The predicted octanol–water partition coefficient (Wildman–Crippen LogP) is 2.66. The van der Waals surface area contributed by atoms with Gasteiger partial charge in [-0.05, 0) is 25.9 Å². The van der Waals surface area contributed by atoms with Crippen molar-refractivity contribution in [3.8, 4) is 10.7 Å². The van der Waals surface area contributed by atoms with Gasteiger partial charge in [0.15, 0.2) is 5.01 Å². The van der Waals surface area contributed by atoms with E-state index in [4.69, 9.17) is 5.73 Å². The van der Waals surface area contributed by atoms with Crippen molar-refractivity contribution in [1.29, 1.82) is 0 Å². The zero-order valence-corrected chi connectivity index (χ0v) is 13.0. The average Bonchev–Trinajstić information content (AvgIpc) is 3.00. The van der Waals surface area contributed by atoms with Crippen LogP contribution in [0.1, 0.15) is 30.7 Å². The molecule has 0 aromatic carbocycles. The lowest BCUT2D eigenvalue weighted by Crippen LogP contribution is -2.26. The van der Waals surface area contributed by atoms with Gasteiger partial charge >= 0.3 is 0 Å². The van der Waals surface area contributed by atoms with Crippen molar-refractivity contribution in [3.63, 3.8) is 0 Å². The molecule has 0 amide bonds. The first-order valence-electron chi connectivity index (χ1n) is 7.07. The molecule has 3 rings (SSSR count). The minimum absolute atomic E-state index is 0.499. The van der Waals surface area contributed by atoms with Crippen molar-refractivity contribution in [3.05, 3.63) is 10.4 Å². The number of aromatic nitrogens is 3. The highest BCUT2D eigenvalue weighted by Gasteiger charge is 2.12. The van der Waals surface area contributed by atoms with Crippen LogP contribution in [0, 0.1) is 0 Å². The fourth-order valence-corrected chi connectivity index (χ4v) is 3.89. The summed E-state index contributed by atoms with van der Waals surface area (Å²) in [5, 5.41) is 12.4. The highest BCUT2D eigenvalue weighted by Crippen LogP contribution is 2.26. The van der Waals surface area contributed by atoms with E-state index in [2.05, 4.69) is 25.5 Å². The molecule has 108 valence electrons. The maximum atomic E-state index is 5.61. The summed E-state index contributed by atoms with van der Waals surface area (Å²) in [7, 11) is 0. The second-order valence-electron chi connectivity index (χ2n) is 5.08. The van der Waals surface area contributed by atoms with E-state index in [-0.39, 0.29) is 0 Å². The Hall–Kier alpha value is -1.05. The molecule has 1 fully saturated rings. The van der Waals surface area contributed by atoms with Crippen molar-refractivity contribution in [2.45, 2.75) is 32.1 Å². The summed E-state index contributed by atoms with van der Waals surface area (Å²) in [6, 6.07) is 0. The smallest absolute Gasteiger partial charge is 0.203 e. The van der Waals surface area contributed by atoms with E-state index in [0.29, 0.717) is 5.13 Å². The lowest BCUT2D eigenvalue weighted by Gasteiger charge is -2.18. The molecule has 2 aromatic rings. The Morgan fingerprint density at radius 3 is 2.65 bits per heavy atom. The second-order valence-corrected chi connectivity index (χ2v) is 7.03. The van der Waals surface area contributed by atoms with Gasteiger partial charge < -0.3 is 10.6 Å². The molecule has 1 saturated heterocycles. The van der Waals surface area contributed by atoms with Gasteiger partial charge in [0.05, 0.1) is 5.01 Å². The van der Waals surface area contributed by atoms with Gasteiger partial charge in [-0.2, -0.15) is 0 Å². The molecule has 7 heteroatoms. The van der Waals surface area contributed by atoms with Gasteiger partial charge in [-0.15, -0.1) is 21.5 Å². The van der Waals surface area contributed by atoms with Gasteiger partial charge in [0, 0.05) is 18.3 Å². The van der Waals surface area contributed by atoms with E-state index in [0.717, 1.165) is 23.7 Å². The molecule has 0 aliphatic carbocycles. The monoisotopic (exact) mass is 309 g/mol. The molecule has 5 nitrogen and oxygen atoms in total. The maximum Gasteiger partial charge on any atom is 0.203 e. The summed E-state index contributed by atoms with van der Waals surface area (Å²) in [5.41, 5.74) is 6.52. The number of likely N-dealkylation sites (tertiary alicyclic amines) is 1. The van der Waals surface area contributed by atoms with Crippen LogP contribution in [0.4, 0.5) is 5.13 Å². The van der Waals surface area contributed by atoms with Crippen LogP contribution < -0.4 is 5.73 Å². The van der Waals surface area contributed by atoms with Gasteiger partial charge in [0.1, 0.15) is 5.69 Å². The number of rotatable bonds is 4. The molecule has 2 N–H and O–H groups in total. The van der Waals surface area contributed by atoms with Crippen LogP contribution in [-0.2, 0) is 6.42 Å². The van der Waals surface area contributed by atoms with Crippen LogP contribution in [0.15, 0.2) is 5.38 Å². The Morgan fingerprint density at radius 1 is 1.15 bits per heavy atom. The second kappa shape index (κ2) is 6.60. The first kappa shape index (κ1) is 13.9. The SMILES string of the molecule is Nc1nnc(-c2csc(CCN3CCCCCC3)n2)s1. The minimum atomic E-state index is 0.499. The fraction of sp³-hybridized carbons (Fsp3) is 0.615. The third-order valence-corrected chi connectivity index (χ3v) is 5.24. The first-order chi connectivity index (χ1) is 9.81. The Kier molecular flexibility index (Phi) is 4.59. The summed E-state index contributed by atoms with van der Waals surface area (Å²) in [6.45, 7) is 3.60. The summed E-state index contributed by atoms with van der Waals surface area (Å²) in [6.07, 6.45) is 6.48. The first-order valence-corrected chi connectivity index (χ1v) is 8.77. The van der Waals surface area contributed by atoms with Crippen molar-refractivity contribution in [1.82, 2.24) is 20.1 Å². The minimum Gasteiger partial charge on any atom is -0.374 e. The maximum absolute atomic E-state index is 5.61. The van der Waals surface area contributed by atoms with Crippen LogP contribution in [0.2, 0.25) is 0 Å². The summed E-state index contributed by atoms with van der Waals surface area (Å²) >= 11 is 3.10. The molecule has 0 saturated carbocycles. The van der Waals surface area contributed by atoms with Crippen molar-refractivity contribution >= 4 is 27.8 Å². The van der Waals surface area contributed by atoms with Crippen LogP contribution in [0.3, 0.4) is 0 Å². The molecule has 1 aliphatic heterocycles. The van der Waals surface area contributed by atoms with Gasteiger partial charge in [0.2, 0.25) is 5.13 Å². The standard InChI is InChI=1S/C13H19N5S2/c14-13-17-16-12(20-13)10-9-19-11(15-10)5-8-18-6-3-1-2-4-7-18/h9H,1-8H2,(H2,14,17). The van der Waals surface area contributed by atoms with E-state index in [1.165, 1.54) is 55.1 Å². The van der Waals surface area contributed by atoms with Crippen LogP contribution in [0.25, 0.3) is 10.7 Å². The lowest BCUT2D eigenvalue weighted by molar-refractivity contribution is 0.289. The largest absolute Gasteiger partial charge is 0.374 e. The average molecular weight is 309 g/mol. The Morgan fingerprint density at radius 2 is 1.95 bits per heavy atom. The number of nitrogens with two attached hydrogens (primary N) is 1. The molecule has 20 heavy (non-hydrogen) atoms. The number of nitrogens with zero attached hydrogens (tertiary/aromatic N) is 4. The van der Waals surface area contributed by atoms with E-state index in [1.807, 2.05) is 0 Å². The number of nitrogen functional groups attached to an aromatic ring is 1. The van der Waals surface area contributed by atoms with E-state index >= 15 is 0 Å². The molecule has 1 aliphatic rings. The van der Waals surface area contributed by atoms with E-state index in [9.17, 15) is 0 Å². The number of anilines is 1. The quantitative estimate of drug-likeness (QED) is 0.940. The van der Waals surface area contributed by atoms with Gasteiger partial charge in [0.25, 0.3) is 0 Å². The summed E-state index contributed by atoms with van der Waals surface area (Å²) < 4.78 is 0. The van der Waals surface area contributed by atoms with E-state index in [1.54, 1.807) is 11.3 Å². The van der Waals surface area contributed by atoms with Gasteiger partial charge in [-0.1, -0.05) is 24.2 Å². The van der Waals surface area contributed by atoms with Crippen LogP contribution in [0.5, 0.6) is 0 Å². The van der Waals surface area contributed by atoms with Gasteiger partial charge in [-0.25, -0.2) is 4.98 Å². The molecule has 0 radical (unpaired) electrons. The van der Waals surface area contributed by atoms with Crippen molar-refractivity contribution < 1.29 is 0 Å². The van der Waals surface area contributed by atoms with Gasteiger partial charge in [-0.3, -0.25) is 0 Å². The number of hydrogen-bond acceptors (Lipinski definition) is 7. The highest BCUT2D eigenvalue weighted by atomic mass is 32.1. The molecule has 0 unspecified atom stereocenters. The van der Waals surface area contributed by atoms with Crippen LogP contribution in [-0.4, -0.2) is 39.7 Å².